The first-order valence-electron chi connectivity index (χ1n) is 5.25. The van der Waals surface area contributed by atoms with Gasteiger partial charge in [0, 0.05) is 13.2 Å². The molecule has 0 radical (unpaired) electrons. The van der Waals surface area contributed by atoms with Crippen LogP contribution in [0.1, 0.15) is 11.3 Å². The fourth-order valence-corrected chi connectivity index (χ4v) is 1.56. The molecule has 0 fully saturated rings. The summed E-state index contributed by atoms with van der Waals surface area (Å²) in [4.78, 5) is 0. The molecule has 0 aliphatic heterocycles. The predicted octanol–water partition coefficient (Wildman–Crippen LogP) is 2.62. The molecule has 1 aromatic heterocycles. The van der Waals surface area contributed by atoms with E-state index in [2.05, 4.69) is 10.4 Å². The summed E-state index contributed by atoms with van der Waals surface area (Å²) in [6.45, 7) is 1.89. The van der Waals surface area contributed by atoms with E-state index in [0.29, 0.717) is 5.56 Å². The van der Waals surface area contributed by atoms with Gasteiger partial charge < -0.3 is 5.32 Å². The molecule has 0 spiro atoms. The van der Waals surface area contributed by atoms with E-state index in [4.69, 9.17) is 0 Å². The fourth-order valence-electron chi connectivity index (χ4n) is 1.56. The molecule has 2 aromatic rings. The van der Waals surface area contributed by atoms with Crippen LogP contribution in [-0.2, 0) is 13.6 Å². The third-order valence-corrected chi connectivity index (χ3v) is 2.50. The third-order valence-electron chi connectivity index (χ3n) is 2.50. The highest BCUT2D eigenvalue weighted by Crippen LogP contribution is 2.21. The van der Waals surface area contributed by atoms with Crippen LogP contribution >= 0.6 is 0 Å². The van der Waals surface area contributed by atoms with Gasteiger partial charge in [-0.05, 0) is 24.6 Å². The van der Waals surface area contributed by atoms with E-state index in [9.17, 15) is 8.78 Å². The number of hydrogen-bond donors (Lipinski definition) is 1. The lowest BCUT2D eigenvalue weighted by Crippen LogP contribution is -2.05. The second-order valence-corrected chi connectivity index (χ2v) is 3.89. The Kier molecular flexibility index (Phi) is 3.08. The van der Waals surface area contributed by atoms with E-state index in [-0.39, 0.29) is 12.2 Å². The Morgan fingerprint density at radius 3 is 2.71 bits per heavy atom. The van der Waals surface area contributed by atoms with Crippen LogP contribution in [-0.4, -0.2) is 9.78 Å². The van der Waals surface area contributed by atoms with Crippen LogP contribution in [0.25, 0.3) is 0 Å². The molecule has 5 heteroatoms. The first kappa shape index (κ1) is 11.6. The van der Waals surface area contributed by atoms with Gasteiger partial charge in [0.1, 0.15) is 11.5 Å². The van der Waals surface area contributed by atoms with Gasteiger partial charge in [0.15, 0.2) is 5.82 Å². The highest BCUT2D eigenvalue weighted by Gasteiger charge is 2.11. The number of nitrogens with one attached hydrogen (secondary N) is 1. The summed E-state index contributed by atoms with van der Waals surface area (Å²) in [6, 6.07) is 4.45. The molecule has 0 saturated heterocycles. The molecule has 2 rings (SSSR count). The Morgan fingerprint density at radius 2 is 2.06 bits per heavy atom. The van der Waals surface area contributed by atoms with Gasteiger partial charge in [-0.3, -0.25) is 4.68 Å². The zero-order chi connectivity index (χ0) is 12.4. The molecule has 0 atom stereocenters. The van der Waals surface area contributed by atoms with Crippen molar-refractivity contribution < 1.29 is 8.78 Å². The maximum atomic E-state index is 13.6. The SMILES string of the molecule is Cc1ccc(F)c(NCc2ccn(C)n2)c1F. The van der Waals surface area contributed by atoms with Crippen molar-refractivity contribution in [3.05, 3.63) is 47.3 Å². The van der Waals surface area contributed by atoms with Gasteiger partial charge in [0.2, 0.25) is 0 Å². The average Bonchev–Trinajstić information content (AvgIpc) is 2.70. The predicted molar refractivity (Wildman–Crippen MR) is 61.6 cm³/mol. The second kappa shape index (κ2) is 4.53. The van der Waals surface area contributed by atoms with Gasteiger partial charge >= 0.3 is 0 Å². The lowest BCUT2D eigenvalue weighted by molar-refractivity contribution is 0.582. The molecule has 0 unspecified atom stereocenters. The molecular weight excluding hydrogens is 224 g/mol. The minimum Gasteiger partial charge on any atom is -0.375 e. The zero-order valence-corrected chi connectivity index (χ0v) is 9.67. The lowest BCUT2D eigenvalue weighted by atomic mass is 10.2. The molecule has 0 bridgehead atoms. The highest BCUT2D eigenvalue weighted by molar-refractivity contribution is 5.49. The van der Waals surface area contributed by atoms with Gasteiger partial charge in [0.05, 0.1) is 12.2 Å². The summed E-state index contributed by atoms with van der Waals surface area (Å²) in [5.41, 5.74) is 1.04. The molecule has 0 aliphatic carbocycles. The summed E-state index contributed by atoms with van der Waals surface area (Å²) in [5, 5.41) is 6.84. The molecule has 1 aromatic carbocycles. The first-order valence-corrected chi connectivity index (χ1v) is 5.25. The Hall–Kier alpha value is -1.91. The third kappa shape index (κ3) is 2.43. The molecule has 3 nitrogen and oxygen atoms in total. The number of aryl methyl sites for hydroxylation is 2. The topological polar surface area (TPSA) is 29.9 Å². The Morgan fingerprint density at radius 1 is 1.29 bits per heavy atom. The van der Waals surface area contributed by atoms with Gasteiger partial charge in [0.25, 0.3) is 0 Å². The number of aromatic nitrogens is 2. The minimum atomic E-state index is -0.593. The summed E-state index contributed by atoms with van der Waals surface area (Å²) in [7, 11) is 1.79. The standard InChI is InChI=1S/C12H13F2N3/c1-8-3-4-10(13)12(11(8)14)15-7-9-5-6-17(2)16-9/h3-6,15H,7H2,1-2H3. The Labute approximate surface area is 98.1 Å². The van der Waals surface area contributed by atoms with E-state index in [1.165, 1.54) is 12.1 Å². The molecule has 0 saturated carbocycles. The van der Waals surface area contributed by atoms with Crippen molar-refractivity contribution in [2.45, 2.75) is 13.5 Å². The van der Waals surface area contributed by atoms with Gasteiger partial charge in [-0.1, -0.05) is 6.07 Å². The zero-order valence-electron chi connectivity index (χ0n) is 9.67. The Balaban J connectivity index is 2.16. The van der Waals surface area contributed by atoms with Crippen molar-refractivity contribution >= 4 is 5.69 Å². The van der Waals surface area contributed by atoms with Gasteiger partial charge in [-0.25, -0.2) is 8.78 Å². The van der Waals surface area contributed by atoms with Crippen molar-refractivity contribution in [2.24, 2.45) is 7.05 Å². The van der Waals surface area contributed by atoms with Gasteiger partial charge in [-0.2, -0.15) is 5.10 Å². The van der Waals surface area contributed by atoms with Gasteiger partial charge in [-0.15, -0.1) is 0 Å². The summed E-state index contributed by atoms with van der Waals surface area (Å²) < 4.78 is 28.7. The largest absolute Gasteiger partial charge is 0.375 e. The van der Waals surface area contributed by atoms with Crippen LogP contribution < -0.4 is 5.32 Å². The van der Waals surface area contributed by atoms with E-state index >= 15 is 0 Å². The van der Waals surface area contributed by atoms with Crippen LogP contribution in [0.3, 0.4) is 0 Å². The van der Waals surface area contributed by atoms with E-state index in [1.807, 2.05) is 0 Å². The van der Waals surface area contributed by atoms with Crippen LogP contribution in [0, 0.1) is 18.6 Å². The lowest BCUT2D eigenvalue weighted by Gasteiger charge is -2.08. The number of halogens is 2. The van der Waals surface area contributed by atoms with Crippen molar-refractivity contribution in [3.63, 3.8) is 0 Å². The molecule has 90 valence electrons. The molecule has 0 amide bonds. The number of anilines is 1. The van der Waals surface area contributed by atoms with Crippen molar-refractivity contribution in [3.8, 4) is 0 Å². The van der Waals surface area contributed by atoms with E-state index in [1.54, 1.807) is 30.9 Å². The quantitative estimate of drug-likeness (QED) is 0.889. The van der Waals surface area contributed by atoms with Crippen molar-refractivity contribution in [2.75, 3.05) is 5.32 Å². The first-order chi connectivity index (χ1) is 8.08. The average molecular weight is 237 g/mol. The number of benzene rings is 1. The summed E-state index contributed by atoms with van der Waals surface area (Å²) >= 11 is 0. The molecular formula is C12H13F2N3. The molecule has 1 N–H and O–H groups in total. The van der Waals surface area contributed by atoms with E-state index < -0.39 is 11.6 Å². The summed E-state index contributed by atoms with van der Waals surface area (Å²) in [6.07, 6.45) is 1.78. The van der Waals surface area contributed by atoms with Crippen molar-refractivity contribution in [1.82, 2.24) is 9.78 Å². The molecule has 17 heavy (non-hydrogen) atoms. The number of nitrogens with zero attached hydrogens (tertiary/aromatic N) is 2. The van der Waals surface area contributed by atoms with E-state index in [0.717, 1.165) is 5.69 Å². The molecule has 0 aliphatic rings. The fraction of sp³-hybridized carbons (Fsp3) is 0.250. The highest BCUT2D eigenvalue weighted by atomic mass is 19.1. The Bertz CT molecular complexity index is 535. The normalized spacial score (nSPS) is 10.6. The second-order valence-electron chi connectivity index (χ2n) is 3.89. The maximum Gasteiger partial charge on any atom is 0.152 e. The maximum absolute atomic E-state index is 13.6. The van der Waals surface area contributed by atoms with Crippen LogP contribution in [0.2, 0.25) is 0 Å². The molecule has 1 heterocycles. The number of hydrogen-bond acceptors (Lipinski definition) is 2. The van der Waals surface area contributed by atoms with Crippen LogP contribution in [0.15, 0.2) is 24.4 Å². The van der Waals surface area contributed by atoms with Crippen LogP contribution in [0.5, 0.6) is 0 Å². The van der Waals surface area contributed by atoms with Crippen molar-refractivity contribution in [1.29, 1.82) is 0 Å². The minimum absolute atomic E-state index is 0.101. The van der Waals surface area contributed by atoms with Crippen LogP contribution in [0.4, 0.5) is 14.5 Å². The number of rotatable bonds is 3. The summed E-state index contributed by atoms with van der Waals surface area (Å²) in [5.74, 6) is -1.15. The smallest absolute Gasteiger partial charge is 0.152 e. The monoisotopic (exact) mass is 237 g/mol.